The predicted octanol–water partition coefficient (Wildman–Crippen LogP) is 2.48. The molecule has 1 aromatic heterocycles. The van der Waals surface area contributed by atoms with E-state index in [4.69, 9.17) is 0 Å². The highest BCUT2D eigenvalue weighted by atomic mass is 15.3. The van der Waals surface area contributed by atoms with Crippen LogP contribution in [0.15, 0.2) is 12.3 Å². The minimum atomic E-state index is 0.653. The first-order valence-corrected chi connectivity index (χ1v) is 5.98. The Morgan fingerprint density at radius 2 is 2.27 bits per heavy atom. The van der Waals surface area contributed by atoms with Crippen LogP contribution < -0.4 is 5.32 Å². The van der Waals surface area contributed by atoms with E-state index in [1.54, 1.807) is 0 Å². The third-order valence-electron chi connectivity index (χ3n) is 2.89. The van der Waals surface area contributed by atoms with E-state index in [0.29, 0.717) is 6.04 Å². The van der Waals surface area contributed by atoms with Crippen molar-refractivity contribution in [1.82, 2.24) is 15.1 Å². The van der Waals surface area contributed by atoms with Gasteiger partial charge in [-0.1, -0.05) is 26.7 Å². The number of aryl methyl sites for hydroxylation is 1. The van der Waals surface area contributed by atoms with Gasteiger partial charge in [0.15, 0.2) is 0 Å². The van der Waals surface area contributed by atoms with E-state index >= 15 is 0 Å². The summed E-state index contributed by atoms with van der Waals surface area (Å²) in [5, 5.41) is 7.75. The molecule has 0 saturated carbocycles. The van der Waals surface area contributed by atoms with Gasteiger partial charge in [0.25, 0.3) is 0 Å². The molecule has 0 aliphatic carbocycles. The van der Waals surface area contributed by atoms with E-state index in [0.717, 1.165) is 6.54 Å². The van der Waals surface area contributed by atoms with E-state index in [1.165, 1.54) is 31.4 Å². The maximum Gasteiger partial charge on any atom is 0.0518 e. The second-order valence-electron chi connectivity index (χ2n) is 4.07. The fraction of sp³-hybridized carbons (Fsp3) is 0.750. The molecule has 0 aliphatic heterocycles. The van der Waals surface area contributed by atoms with E-state index in [9.17, 15) is 0 Å². The van der Waals surface area contributed by atoms with Gasteiger partial charge in [-0.2, -0.15) is 5.10 Å². The summed E-state index contributed by atoms with van der Waals surface area (Å²) in [5.41, 5.74) is 1.25. The van der Waals surface area contributed by atoms with Gasteiger partial charge in [-0.25, -0.2) is 0 Å². The molecule has 1 unspecified atom stereocenters. The number of hydrogen-bond acceptors (Lipinski definition) is 2. The number of aromatic nitrogens is 2. The number of hydrogen-bond donors (Lipinski definition) is 1. The Hall–Kier alpha value is -0.830. The van der Waals surface area contributed by atoms with Crippen molar-refractivity contribution in [2.24, 2.45) is 7.05 Å². The molecule has 0 amide bonds. The molecule has 0 aliphatic rings. The van der Waals surface area contributed by atoms with Crippen molar-refractivity contribution < 1.29 is 0 Å². The standard InChI is InChI=1S/C12H23N3/c1-4-6-7-11(5-2)13-10-12-8-9-14-15(12)3/h8-9,11,13H,4-7,10H2,1-3H3. The second kappa shape index (κ2) is 6.62. The summed E-state index contributed by atoms with van der Waals surface area (Å²) >= 11 is 0. The number of unbranched alkanes of at least 4 members (excludes halogenated alkanes) is 1. The summed E-state index contributed by atoms with van der Waals surface area (Å²) in [6.45, 7) is 5.42. The molecule has 1 rings (SSSR count). The maximum absolute atomic E-state index is 4.16. The molecule has 1 atom stereocenters. The zero-order valence-electron chi connectivity index (χ0n) is 10.2. The van der Waals surface area contributed by atoms with Gasteiger partial charge in [0.05, 0.1) is 5.69 Å². The van der Waals surface area contributed by atoms with Crippen LogP contribution in [0.3, 0.4) is 0 Å². The fourth-order valence-corrected chi connectivity index (χ4v) is 1.72. The van der Waals surface area contributed by atoms with E-state index in [1.807, 2.05) is 17.9 Å². The Morgan fingerprint density at radius 1 is 1.47 bits per heavy atom. The summed E-state index contributed by atoms with van der Waals surface area (Å²) in [7, 11) is 1.99. The average molecular weight is 209 g/mol. The molecule has 0 fully saturated rings. The van der Waals surface area contributed by atoms with Crippen molar-refractivity contribution >= 4 is 0 Å². The molecule has 1 N–H and O–H groups in total. The maximum atomic E-state index is 4.16. The molecule has 1 aromatic rings. The lowest BCUT2D eigenvalue weighted by molar-refractivity contribution is 0.444. The largest absolute Gasteiger partial charge is 0.308 e. The highest BCUT2D eigenvalue weighted by Crippen LogP contribution is 2.05. The Balaban J connectivity index is 2.31. The van der Waals surface area contributed by atoms with Gasteiger partial charge in [-0.3, -0.25) is 4.68 Å². The van der Waals surface area contributed by atoms with Crippen molar-refractivity contribution in [3.63, 3.8) is 0 Å². The first-order valence-electron chi connectivity index (χ1n) is 5.98. The normalized spacial score (nSPS) is 13.0. The fourth-order valence-electron chi connectivity index (χ4n) is 1.72. The molecule has 0 radical (unpaired) electrons. The van der Waals surface area contributed by atoms with Crippen molar-refractivity contribution in [1.29, 1.82) is 0 Å². The van der Waals surface area contributed by atoms with Crippen molar-refractivity contribution in [2.45, 2.75) is 52.1 Å². The van der Waals surface area contributed by atoms with Gasteiger partial charge >= 0.3 is 0 Å². The summed E-state index contributed by atoms with van der Waals surface area (Å²) in [5.74, 6) is 0. The van der Waals surface area contributed by atoms with E-state index in [-0.39, 0.29) is 0 Å². The van der Waals surface area contributed by atoms with Crippen LogP contribution in [-0.4, -0.2) is 15.8 Å². The molecule has 1 heterocycles. The van der Waals surface area contributed by atoms with E-state index < -0.39 is 0 Å². The molecule has 0 saturated heterocycles. The van der Waals surface area contributed by atoms with Crippen molar-refractivity contribution in [2.75, 3.05) is 0 Å². The lowest BCUT2D eigenvalue weighted by atomic mass is 10.1. The van der Waals surface area contributed by atoms with Crippen LogP contribution in [0.1, 0.15) is 45.2 Å². The number of nitrogens with zero attached hydrogens (tertiary/aromatic N) is 2. The lowest BCUT2D eigenvalue weighted by Crippen LogP contribution is -2.28. The minimum Gasteiger partial charge on any atom is -0.308 e. The Morgan fingerprint density at radius 3 is 2.80 bits per heavy atom. The Bertz CT molecular complexity index is 268. The van der Waals surface area contributed by atoms with Crippen molar-refractivity contribution in [3.05, 3.63) is 18.0 Å². The van der Waals surface area contributed by atoms with Crippen LogP contribution in [0.2, 0.25) is 0 Å². The van der Waals surface area contributed by atoms with Gasteiger partial charge in [0, 0.05) is 25.8 Å². The van der Waals surface area contributed by atoms with Crippen LogP contribution in [0.4, 0.5) is 0 Å². The summed E-state index contributed by atoms with van der Waals surface area (Å²) < 4.78 is 1.93. The third kappa shape index (κ3) is 4.04. The first-order chi connectivity index (χ1) is 7.27. The minimum absolute atomic E-state index is 0.653. The summed E-state index contributed by atoms with van der Waals surface area (Å²) in [6.07, 6.45) is 6.94. The molecule has 86 valence electrons. The highest BCUT2D eigenvalue weighted by Gasteiger charge is 2.05. The molecule has 0 bridgehead atoms. The Labute approximate surface area is 92.9 Å². The second-order valence-corrected chi connectivity index (χ2v) is 4.07. The Kier molecular flexibility index (Phi) is 5.40. The highest BCUT2D eigenvalue weighted by molar-refractivity contribution is 4.99. The molecule has 15 heavy (non-hydrogen) atoms. The van der Waals surface area contributed by atoms with Gasteiger partial charge in [0.1, 0.15) is 0 Å². The molecule has 3 nitrogen and oxygen atoms in total. The van der Waals surface area contributed by atoms with Gasteiger partial charge in [0.2, 0.25) is 0 Å². The van der Waals surface area contributed by atoms with E-state index in [2.05, 4.69) is 30.3 Å². The monoisotopic (exact) mass is 209 g/mol. The average Bonchev–Trinajstić information content (AvgIpc) is 2.65. The number of nitrogens with one attached hydrogen (secondary N) is 1. The molecule has 0 aromatic carbocycles. The topological polar surface area (TPSA) is 29.9 Å². The zero-order chi connectivity index (χ0) is 11.1. The lowest BCUT2D eigenvalue weighted by Gasteiger charge is -2.16. The molecule has 0 spiro atoms. The summed E-state index contributed by atoms with van der Waals surface area (Å²) in [6, 6.07) is 2.72. The van der Waals surface area contributed by atoms with Crippen LogP contribution in [0.5, 0.6) is 0 Å². The molecular formula is C12H23N3. The summed E-state index contributed by atoms with van der Waals surface area (Å²) in [4.78, 5) is 0. The smallest absolute Gasteiger partial charge is 0.0518 e. The van der Waals surface area contributed by atoms with Crippen molar-refractivity contribution in [3.8, 4) is 0 Å². The quantitative estimate of drug-likeness (QED) is 0.747. The van der Waals surface area contributed by atoms with Crippen LogP contribution in [-0.2, 0) is 13.6 Å². The predicted molar refractivity (Wildman–Crippen MR) is 63.7 cm³/mol. The zero-order valence-corrected chi connectivity index (χ0v) is 10.2. The van der Waals surface area contributed by atoms with Gasteiger partial charge < -0.3 is 5.32 Å². The van der Waals surface area contributed by atoms with Crippen LogP contribution >= 0.6 is 0 Å². The molecule has 3 heteroatoms. The number of rotatable bonds is 7. The van der Waals surface area contributed by atoms with Gasteiger partial charge in [-0.15, -0.1) is 0 Å². The molecular weight excluding hydrogens is 186 g/mol. The SMILES string of the molecule is CCCCC(CC)NCc1ccnn1C. The van der Waals surface area contributed by atoms with Crippen LogP contribution in [0, 0.1) is 0 Å². The first kappa shape index (κ1) is 12.2. The third-order valence-corrected chi connectivity index (χ3v) is 2.89. The van der Waals surface area contributed by atoms with Crippen LogP contribution in [0.25, 0.3) is 0 Å². The van der Waals surface area contributed by atoms with Gasteiger partial charge in [-0.05, 0) is 18.9 Å².